The van der Waals surface area contributed by atoms with Crippen LogP contribution < -0.4 is 0 Å². The molecule has 0 fully saturated rings. The third kappa shape index (κ3) is 2.57. The SMILES string of the molecule is Cc1occc1SCC(C)CO. The number of aliphatic hydroxyl groups excluding tert-OH is 1. The molecular formula is C9H14O2S. The molecule has 1 unspecified atom stereocenters. The van der Waals surface area contributed by atoms with Crippen LogP contribution in [0, 0.1) is 12.8 Å². The van der Waals surface area contributed by atoms with Crippen LogP contribution >= 0.6 is 11.8 Å². The van der Waals surface area contributed by atoms with Crippen molar-refractivity contribution in [3.63, 3.8) is 0 Å². The molecule has 0 saturated heterocycles. The quantitative estimate of drug-likeness (QED) is 0.732. The third-order valence-electron chi connectivity index (χ3n) is 1.65. The Morgan fingerprint density at radius 3 is 2.92 bits per heavy atom. The van der Waals surface area contributed by atoms with Crippen molar-refractivity contribution in [2.24, 2.45) is 5.92 Å². The highest BCUT2D eigenvalue weighted by molar-refractivity contribution is 7.99. The molecule has 1 aromatic rings. The van der Waals surface area contributed by atoms with Crippen molar-refractivity contribution < 1.29 is 9.52 Å². The van der Waals surface area contributed by atoms with Gasteiger partial charge in [-0.1, -0.05) is 6.92 Å². The van der Waals surface area contributed by atoms with Gasteiger partial charge in [-0.2, -0.15) is 0 Å². The van der Waals surface area contributed by atoms with Crippen LogP contribution in [-0.2, 0) is 0 Å². The minimum Gasteiger partial charge on any atom is -0.468 e. The molecule has 0 spiro atoms. The lowest BCUT2D eigenvalue weighted by Gasteiger charge is -2.05. The Morgan fingerprint density at radius 2 is 2.42 bits per heavy atom. The minimum atomic E-state index is 0.254. The van der Waals surface area contributed by atoms with Gasteiger partial charge in [0.15, 0.2) is 0 Å². The zero-order valence-electron chi connectivity index (χ0n) is 7.41. The maximum Gasteiger partial charge on any atom is 0.114 e. The van der Waals surface area contributed by atoms with Crippen molar-refractivity contribution >= 4 is 11.8 Å². The average molecular weight is 186 g/mol. The number of hydrogen-bond acceptors (Lipinski definition) is 3. The average Bonchev–Trinajstić information content (AvgIpc) is 2.47. The first-order chi connectivity index (χ1) is 5.74. The predicted octanol–water partition coefficient (Wildman–Crippen LogP) is 2.31. The Morgan fingerprint density at radius 1 is 1.67 bits per heavy atom. The first kappa shape index (κ1) is 9.68. The molecule has 1 N–H and O–H groups in total. The smallest absolute Gasteiger partial charge is 0.114 e. The van der Waals surface area contributed by atoms with Gasteiger partial charge in [-0.25, -0.2) is 0 Å². The Hall–Kier alpha value is -0.410. The standard InChI is InChI=1S/C9H14O2S/c1-7(5-10)6-12-9-3-4-11-8(9)2/h3-4,7,10H,5-6H2,1-2H3. The highest BCUT2D eigenvalue weighted by atomic mass is 32.2. The maximum atomic E-state index is 8.80. The molecule has 2 nitrogen and oxygen atoms in total. The number of hydrogen-bond donors (Lipinski definition) is 1. The Bertz CT molecular complexity index is 232. The fourth-order valence-corrected chi connectivity index (χ4v) is 1.78. The number of thioether (sulfide) groups is 1. The molecule has 0 aliphatic carbocycles. The minimum absolute atomic E-state index is 0.254. The van der Waals surface area contributed by atoms with Crippen molar-refractivity contribution in [3.05, 3.63) is 18.1 Å². The van der Waals surface area contributed by atoms with Crippen LogP contribution in [0.5, 0.6) is 0 Å². The summed E-state index contributed by atoms with van der Waals surface area (Å²) in [7, 11) is 0. The number of furan rings is 1. The molecule has 1 aromatic heterocycles. The van der Waals surface area contributed by atoms with Gasteiger partial charge in [0.05, 0.1) is 6.26 Å². The molecule has 0 saturated carbocycles. The zero-order chi connectivity index (χ0) is 8.97. The van der Waals surface area contributed by atoms with Gasteiger partial charge in [0, 0.05) is 17.3 Å². The summed E-state index contributed by atoms with van der Waals surface area (Å²) in [6, 6.07) is 1.96. The summed E-state index contributed by atoms with van der Waals surface area (Å²) in [6.07, 6.45) is 1.70. The monoisotopic (exact) mass is 186 g/mol. The highest BCUT2D eigenvalue weighted by Gasteiger charge is 2.04. The van der Waals surface area contributed by atoms with Crippen LogP contribution in [0.4, 0.5) is 0 Å². The molecule has 12 heavy (non-hydrogen) atoms. The Kier molecular flexibility index (Phi) is 3.69. The summed E-state index contributed by atoms with van der Waals surface area (Å²) >= 11 is 1.73. The topological polar surface area (TPSA) is 33.4 Å². The first-order valence-corrected chi connectivity index (χ1v) is 5.00. The van der Waals surface area contributed by atoms with Gasteiger partial charge in [0.25, 0.3) is 0 Å². The van der Waals surface area contributed by atoms with Crippen molar-refractivity contribution in [3.8, 4) is 0 Å². The fraction of sp³-hybridized carbons (Fsp3) is 0.556. The van der Waals surface area contributed by atoms with Gasteiger partial charge in [0.1, 0.15) is 5.76 Å². The summed E-state index contributed by atoms with van der Waals surface area (Å²) in [4.78, 5) is 1.18. The van der Waals surface area contributed by atoms with Gasteiger partial charge >= 0.3 is 0 Å². The van der Waals surface area contributed by atoms with Gasteiger partial charge in [-0.3, -0.25) is 0 Å². The molecule has 68 valence electrons. The molecule has 0 aromatic carbocycles. The van der Waals surface area contributed by atoms with E-state index >= 15 is 0 Å². The van der Waals surface area contributed by atoms with Crippen LogP contribution in [-0.4, -0.2) is 17.5 Å². The van der Waals surface area contributed by atoms with E-state index in [4.69, 9.17) is 9.52 Å². The molecule has 0 aliphatic heterocycles. The van der Waals surface area contributed by atoms with Crippen molar-refractivity contribution in [2.75, 3.05) is 12.4 Å². The van der Waals surface area contributed by atoms with Gasteiger partial charge in [-0.05, 0) is 18.9 Å². The van der Waals surface area contributed by atoms with E-state index in [-0.39, 0.29) is 6.61 Å². The van der Waals surface area contributed by atoms with Crippen molar-refractivity contribution in [1.82, 2.24) is 0 Å². The lowest BCUT2D eigenvalue weighted by molar-refractivity contribution is 0.250. The van der Waals surface area contributed by atoms with Crippen LogP contribution in [0.25, 0.3) is 0 Å². The maximum absolute atomic E-state index is 8.80. The molecular weight excluding hydrogens is 172 g/mol. The lowest BCUT2D eigenvalue weighted by Crippen LogP contribution is -2.02. The summed E-state index contributed by atoms with van der Waals surface area (Å²) in [6.45, 7) is 4.23. The predicted molar refractivity (Wildman–Crippen MR) is 50.4 cm³/mol. The molecule has 1 atom stereocenters. The van der Waals surface area contributed by atoms with Crippen LogP contribution in [0.2, 0.25) is 0 Å². The van der Waals surface area contributed by atoms with Crippen LogP contribution in [0.15, 0.2) is 21.6 Å². The second kappa shape index (κ2) is 4.58. The molecule has 0 radical (unpaired) electrons. The van der Waals surface area contributed by atoms with Crippen LogP contribution in [0.3, 0.4) is 0 Å². The summed E-state index contributed by atoms with van der Waals surface area (Å²) in [5.41, 5.74) is 0. The van der Waals surface area contributed by atoms with Gasteiger partial charge in [0.2, 0.25) is 0 Å². The summed E-state index contributed by atoms with van der Waals surface area (Å²) in [5.74, 6) is 2.26. The zero-order valence-corrected chi connectivity index (χ0v) is 8.23. The van der Waals surface area contributed by atoms with E-state index in [1.807, 2.05) is 19.9 Å². The van der Waals surface area contributed by atoms with Crippen LogP contribution in [0.1, 0.15) is 12.7 Å². The van der Waals surface area contributed by atoms with E-state index in [0.717, 1.165) is 11.5 Å². The van der Waals surface area contributed by atoms with E-state index in [1.165, 1.54) is 4.90 Å². The van der Waals surface area contributed by atoms with Crippen molar-refractivity contribution in [1.29, 1.82) is 0 Å². The summed E-state index contributed by atoms with van der Waals surface area (Å²) < 4.78 is 5.15. The van der Waals surface area contributed by atoms with Crippen molar-refractivity contribution in [2.45, 2.75) is 18.7 Å². The van der Waals surface area contributed by atoms with E-state index in [2.05, 4.69) is 0 Å². The Balaban J connectivity index is 2.38. The lowest BCUT2D eigenvalue weighted by atomic mass is 10.2. The summed E-state index contributed by atoms with van der Waals surface area (Å²) in [5, 5.41) is 8.80. The molecule has 0 amide bonds. The molecule has 0 bridgehead atoms. The van der Waals surface area contributed by atoms with E-state index < -0.39 is 0 Å². The van der Waals surface area contributed by atoms with E-state index in [9.17, 15) is 0 Å². The second-order valence-corrected chi connectivity index (χ2v) is 4.00. The normalized spacial score (nSPS) is 13.2. The van der Waals surface area contributed by atoms with E-state index in [1.54, 1.807) is 18.0 Å². The molecule has 1 rings (SSSR count). The fourth-order valence-electron chi connectivity index (χ4n) is 0.808. The number of aryl methyl sites for hydroxylation is 1. The first-order valence-electron chi connectivity index (χ1n) is 4.01. The third-order valence-corrected chi connectivity index (χ3v) is 3.12. The molecule has 1 heterocycles. The molecule has 0 aliphatic rings. The Labute approximate surface area is 77.0 Å². The van der Waals surface area contributed by atoms with E-state index in [0.29, 0.717) is 5.92 Å². The van der Waals surface area contributed by atoms with Gasteiger partial charge in [-0.15, -0.1) is 11.8 Å². The van der Waals surface area contributed by atoms with Gasteiger partial charge < -0.3 is 9.52 Å². The molecule has 3 heteroatoms. The second-order valence-electron chi connectivity index (χ2n) is 2.94. The largest absolute Gasteiger partial charge is 0.468 e. The highest BCUT2D eigenvalue weighted by Crippen LogP contribution is 2.24. The number of aliphatic hydroxyl groups is 1. The number of rotatable bonds is 4.